The largest absolute Gasteiger partial charge is 0.237 e. The molecule has 4 heteroatoms. The fourth-order valence-corrected chi connectivity index (χ4v) is 4.33. The molecule has 0 atom stereocenters. The molecule has 4 aromatic carbocycles. The Hall–Kier alpha value is -4.44. The van der Waals surface area contributed by atoms with Crippen LogP contribution in [0.1, 0.15) is 0 Å². The third-order valence-corrected chi connectivity index (χ3v) is 5.71. The van der Waals surface area contributed by atoms with Crippen LogP contribution in [0.25, 0.3) is 55.4 Å². The van der Waals surface area contributed by atoms with E-state index >= 15 is 0 Å². The molecule has 0 fully saturated rings. The molecule has 4 nitrogen and oxygen atoms in total. The monoisotopic (exact) mass is 410 g/mol. The van der Waals surface area contributed by atoms with E-state index in [0.29, 0.717) is 11.6 Å². The predicted octanol–water partition coefficient (Wildman–Crippen LogP) is 6.57. The van der Waals surface area contributed by atoms with Gasteiger partial charge in [0.1, 0.15) is 0 Å². The summed E-state index contributed by atoms with van der Waals surface area (Å²) in [5.74, 6) is 1.42. The molecule has 6 aromatic rings. The van der Waals surface area contributed by atoms with Gasteiger partial charge in [0, 0.05) is 35.9 Å². The van der Waals surface area contributed by atoms with Gasteiger partial charge in [-0.05, 0) is 50.9 Å². The SMILES string of the molecule is c1ccc(-c2ccc3c(-c4ncccn4)c4ccccc4c(-c4ncccn4)c3c2)cc1. The van der Waals surface area contributed by atoms with Crippen molar-refractivity contribution in [3.63, 3.8) is 0 Å². The third-order valence-electron chi connectivity index (χ3n) is 5.71. The number of hydrogen-bond donors (Lipinski definition) is 0. The lowest BCUT2D eigenvalue weighted by Gasteiger charge is -2.16. The van der Waals surface area contributed by atoms with Gasteiger partial charge >= 0.3 is 0 Å². The Balaban J connectivity index is 1.80. The van der Waals surface area contributed by atoms with Crippen LogP contribution in [0.15, 0.2) is 110 Å². The summed E-state index contributed by atoms with van der Waals surface area (Å²) >= 11 is 0. The maximum Gasteiger partial charge on any atom is 0.160 e. The summed E-state index contributed by atoms with van der Waals surface area (Å²) < 4.78 is 0. The van der Waals surface area contributed by atoms with Crippen molar-refractivity contribution in [2.75, 3.05) is 0 Å². The van der Waals surface area contributed by atoms with Gasteiger partial charge in [-0.1, -0.05) is 66.7 Å². The van der Waals surface area contributed by atoms with Gasteiger partial charge in [-0.25, -0.2) is 19.9 Å². The Morgan fingerprint density at radius 2 is 0.875 bits per heavy atom. The molecule has 6 rings (SSSR count). The highest BCUT2D eigenvalue weighted by Crippen LogP contribution is 2.42. The van der Waals surface area contributed by atoms with Crippen molar-refractivity contribution in [2.45, 2.75) is 0 Å². The van der Waals surface area contributed by atoms with Gasteiger partial charge in [0.2, 0.25) is 0 Å². The molecule has 0 saturated heterocycles. The summed E-state index contributed by atoms with van der Waals surface area (Å²) in [6, 6.07) is 29.0. The Labute approximate surface area is 185 Å². The molecular formula is C28H18N4. The lowest BCUT2D eigenvalue weighted by Crippen LogP contribution is -1.96. The van der Waals surface area contributed by atoms with Crippen LogP contribution in [0, 0.1) is 0 Å². The van der Waals surface area contributed by atoms with Crippen LogP contribution in [0.4, 0.5) is 0 Å². The molecular weight excluding hydrogens is 392 g/mol. The molecule has 0 bridgehead atoms. The number of benzene rings is 4. The number of nitrogens with zero attached hydrogens (tertiary/aromatic N) is 4. The van der Waals surface area contributed by atoms with Crippen molar-refractivity contribution in [3.8, 4) is 33.9 Å². The summed E-state index contributed by atoms with van der Waals surface area (Å²) in [7, 11) is 0. The first-order valence-electron chi connectivity index (χ1n) is 10.5. The molecule has 2 aromatic heterocycles. The van der Waals surface area contributed by atoms with Crippen LogP contribution in [-0.2, 0) is 0 Å². The van der Waals surface area contributed by atoms with Gasteiger partial charge in [0.15, 0.2) is 11.6 Å². The van der Waals surface area contributed by atoms with Crippen LogP contribution >= 0.6 is 0 Å². The molecule has 0 aliphatic rings. The average molecular weight is 410 g/mol. The van der Waals surface area contributed by atoms with Gasteiger partial charge in [0.25, 0.3) is 0 Å². The summed E-state index contributed by atoms with van der Waals surface area (Å²) in [6.07, 6.45) is 7.15. The standard InChI is InChI=1S/C28H18N4/c1-2-8-19(9-3-1)20-12-13-23-24(18-20)26(28-31-16-7-17-32-28)22-11-5-4-10-21(22)25(23)27-29-14-6-15-30-27/h1-18H. The first kappa shape index (κ1) is 18.3. The van der Waals surface area contributed by atoms with Crippen LogP contribution < -0.4 is 0 Å². The van der Waals surface area contributed by atoms with Crippen molar-refractivity contribution in [2.24, 2.45) is 0 Å². The molecule has 150 valence electrons. The smallest absolute Gasteiger partial charge is 0.160 e. The Morgan fingerprint density at radius 3 is 1.47 bits per heavy atom. The number of rotatable bonds is 3. The van der Waals surface area contributed by atoms with Gasteiger partial charge in [0.05, 0.1) is 0 Å². The van der Waals surface area contributed by atoms with E-state index in [1.807, 2.05) is 18.2 Å². The van der Waals surface area contributed by atoms with E-state index in [2.05, 4.69) is 86.7 Å². The van der Waals surface area contributed by atoms with E-state index in [9.17, 15) is 0 Å². The molecule has 0 N–H and O–H groups in total. The maximum absolute atomic E-state index is 4.61. The molecule has 0 aliphatic heterocycles. The Bertz CT molecular complexity index is 1550. The second-order valence-electron chi connectivity index (χ2n) is 7.57. The molecule has 0 aliphatic carbocycles. The van der Waals surface area contributed by atoms with E-state index in [1.54, 1.807) is 24.8 Å². The van der Waals surface area contributed by atoms with Crippen molar-refractivity contribution in [1.82, 2.24) is 19.9 Å². The van der Waals surface area contributed by atoms with Gasteiger partial charge in [-0.3, -0.25) is 0 Å². The summed E-state index contributed by atoms with van der Waals surface area (Å²) in [5.41, 5.74) is 4.36. The number of aromatic nitrogens is 4. The zero-order valence-corrected chi connectivity index (χ0v) is 17.2. The molecule has 2 heterocycles. The lowest BCUT2D eigenvalue weighted by atomic mass is 9.89. The van der Waals surface area contributed by atoms with Crippen LogP contribution in [0.2, 0.25) is 0 Å². The molecule has 32 heavy (non-hydrogen) atoms. The highest BCUT2D eigenvalue weighted by molar-refractivity contribution is 6.20. The number of hydrogen-bond acceptors (Lipinski definition) is 4. The van der Waals surface area contributed by atoms with Gasteiger partial charge < -0.3 is 0 Å². The van der Waals surface area contributed by atoms with Crippen LogP contribution in [0.3, 0.4) is 0 Å². The quantitative estimate of drug-likeness (QED) is 0.310. The fourth-order valence-electron chi connectivity index (χ4n) is 4.33. The zero-order chi connectivity index (χ0) is 21.3. The van der Waals surface area contributed by atoms with Crippen molar-refractivity contribution >= 4 is 21.5 Å². The molecule has 0 saturated carbocycles. The Kier molecular flexibility index (Phi) is 4.40. The maximum atomic E-state index is 4.61. The van der Waals surface area contributed by atoms with E-state index in [0.717, 1.165) is 38.2 Å². The molecule has 0 amide bonds. The van der Waals surface area contributed by atoms with E-state index < -0.39 is 0 Å². The topological polar surface area (TPSA) is 51.6 Å². The molecule has 0 unspecified atom stereocenters. The van der Waals surface area contributed by atoms with Crippen molar-refractivity contribution in [1.29, 1.82) is 0 Å². The van der Waals surface area contributed by atoms with Crippen molar-refractivity contribution < 1.29 is 0 Å². The fraction of sp³-hybridized carbons (Fsp3) is 0. The number of fused-ring (bicyclic) bond motifs is 2. The minimum atomic E-state index is 0.708. The molecule has 0 spiro atoms. The van der Waals surface area contributed by atoms with E-state index in [1.165, 1.54) is 5.56 Å². The third kappa shape index (κ3) is 3.01. The zero-order valence-electron chi connectivity index (χ0n) is 17.2. The summed E-state index contributed by atoms with van der Waals surface area (Å²) in [4.78, 5) is 18.4. The first-order chi connectivity index (χ1) is 15.9. The van der Waals surface area contributed by atoms with Crippen LogP contribution in [-0.4, -0.2) is 19.9 Å². The molecule has 0 radical (unpaired) electrons. The van der Waals surface area contributed by atoms with Gasteiger partial charge in [-0.15, -0.1) is 0 Å². The van der Waals surface area contributed by atoms with Crippen molar-refractivity contribution in [3.05, 3.63) is 110 Å². The van der Waals surface area contributed by atoms with Crippen LogP contribution in [0.5, 0.6) is 0 Å². The summed E-state index contributed by atoms with van der Waals surface area (Å²) in [5, 5.41) is 4.33. The van der Waals surface area contributed by atoms with E-state index in [4.69, 9.17) is 0 Å². The normalized spacial score (nSPS) is 11.1. The minimum Gasteiger partial charge on any atom is -0.237 e. The second kappa shape index (κ2) is 7.67. The predicted molar refractivity (Wildman–Crippen MR) is 129 cm³/mol. The Morgan fingerprint density at radius 1 is 0.375 bits per heavy atom. The first-order valence-corrected chi connectivity index (χ1v) is 10.5. The summed E-state index contributed by atoms with van der Waals surface area (Å²) in [6.45, 7) is 0. The lowest BCUT2D eigenvalue weighted by molar-refractivity contribution is 1.18. The van der Waals surface area contributed by atoms with E-state index in [-0.39, 0.29) is 0 Å². The highest BCUT2D eigenvalue weighted by Gasteiger charge is 2.19. The average Bonchev–Trinajstić information content (AvgIpc) is 2.88. The second-order valence-corrected chi connectivity index (χ2v) is 7.57. The minimum absolute atomic E-state index is 0.708. The van der Waals surface area contributed by atoms with Gasteiger partial charge in [-0.2, -0.15) is 0 Å². The highest BCUT2D eigenvalue weighted by atomic mass is 14.9.